The third-order valence-electron chi connectivity index (χ3n) is 1.98. The summed E-state index contributed by atoms with van der Waals surface area (Å²) in [5, 5.41) is 7.95. The van der Waals surface area contributed by atoms with Crippen LogP contribution < -0.4 is 5.56 Å². The Morgan fingerprint density at radius 2 is 2.18 bits per heavy atom. The Morgan fingerprint density at radius 1 is 1.47 bits per heavy atom. The number of fused-ring (bicyclic) bond motifs is 1. The maximum absolute atomic E-state index is 11.9. The number of hydrogen-bond acceptors (Lipinski definition) is 5. The van der Waals surface area contributed by atoms with Crippen LogP contribution >= 0.6 is 29.4 Å². The summed E-state index contributed by atoms with van der Waals surface area (Å²) in [6.07, 6.45) is 0. The molecule has 6 nitrogen and oxygen atoms in total. The summed E-state index contributed by atoms with van der Waals surface area (Å²) >= 11 is 4.15. The molecule has 1 aromatic carbocycles. The monoisotopic (exact) mass is 289 g/mol. The van der Waals surface area contributed by atoms with E-state index in [1.165, 1.54) is 0 Å². The van der Waals surface area contributed by atoms with Gasteiger partial charge >= 0.3 is 5.77 Å². The normalized spacial score (nSPS) is 14.7. The summed E-state index contributed by atoms with van der Waals surface area (Å²) in [6.45, 7) is 0. The molecule has 0 spiro atoms. The van der Waals surface area contributed by atoms with Crippen LogP contribution in [0.15, 0.2) is 29.1 Å². The minimum absolute atomic E-state index is 0.0616. The van der Waals surface area contributed by atoms with E-state index in [0.29, 0.717) is 22.3 Å². The van der Waals surface area contributed by atoms with Gasteiger partial charge in [0.15, 0.2) is 0 Å². The lowest BCUT2D eigenvalue weighted by Crippen LogP contribution is -2.23. The van der Waals surface area contributed by atoms with Gasteiger partial charge in [-0.25, -0.2) is 0 Å². The van der Waals surface area contributed by atoms with E-state index in [0.717, 1.165) is 4.68 Å². The van der Waals surface area contributed by atoms with Crippen molar-refractivity contribution in [2.45, 2.75) is 5.88 Å². The highest BCUT2D eigenvalue weighted by Crippen LogP contribution is 2.59. The molecule has 17 heavy (non-hydrogen) atoms. The smallest absolute Gasteiger partial charge is 0.309 e. The van der Waals surface area contributed by atoms with Gasteiger partial charge in [0, 0.05) is 0 Å². The Labute approximate surface area is 105 Å². The van der Waals surface area contributed by atoms with Crippen LogP contribution in [-0.2, 0) is 10.4 Å². The van der Waals surface area contributed by atoms with Crippen LogP contribution in [-0.4, -0.2) is 19.9 Å². The molecule has 0 bridgehead atoms. The minimum Gasteiger partial charge on any atom is -0.329 e. The van der Waals surface area contributed by atoms with Gasteiger partial charge in [-0.3, -0.25) is 9.36 Å². The fraction of sp³-hybridized carbons (Fsp3) is 0.125. The van der Waals surface area contributed by atoms with Crippen molar-refractivity contribution >= 4 is 40.3 Å². The highest BCUT2D eigenvalue weighted by molar-refractivity contribution is 8.84. The molecular weight excluding hydrogens is 281 g/mol. The van der Waals surface area contributed by atoms with Crippen molar-refractivity contribution in [1.29, 1.82) is 0 Å². The van der Waals surface area contributed by atoms with Gasteiger partial charge in [0.2, 0.25) is 0 Å². The summed E-state index contributed by atoms with van der Waals surface area (Å²) in [4.78, 5) is 20.9. The quantitative estimate of drug-likeness (QED) is 0.658. The molecule has 0 radical (unpaired) electrons. The van der Waals surface area contributed by atoms with Crippen LogP contribution in [0.4, 0.5) is 0 Å². The summed E-state index contributed by atoms with van der Waals surface area (Å²) in [5.74, 6) is -3.59. The van der Waals surface area contributed by atoms with E-state index in [-0.39, 0.29) is 11.4 Å². The first kappa shape index (κ1) is 12.6. The maximum Gasteiger partial charge on any atom is 0.309 e. The number of rotatable bonds is 3. The van der Waals surface area contributed by atoms with Crippen LogP contribution in [0.1, 0.15) is 0 Å². The van der Waals surface area contributed by atoms with Gasteiger partial charge in [0.1, 0.15) is 11.4 Å². The van der Waals surface area contributed by atoms with E-state index in [1.54, 1.807) is 24.3 Å². The third-order valence-corrected chi connectivity index (χ3v) is 5.07. The topological polar surface area (TPSA) is 85.1 Å². The Morgan fingerprint density at radius 3 is 2.88 bits per heavy atom. The van der Waals surface area contributed by atoms with Crippen LogP contribution in [0.25, 0.3) is 10.9 Å². The molecule has 2 rings (SSSR count). The standard InChI is InChI=1S/C8H8N3O3PS2/c12-8-6-3-1-2-4-7(6)9-10-11(8)5-17-15(13,14)16/h1-4H,5H2,(H2,13,14,16). The Kier molecular flexibility index (Phi) is 3.58. The van der Waals surface area contributed by atoms with Gasteiger partial charge in [0.25, 0.3) is 5.56 Å². The number of nitrogens with zero attached hydrogens (tertiary/aromatic N) is 3. The van der Waals surface area contributed by atoms with E-state index >= 15 is 0 Å². The second kappa shape index (κ2) is 4.81. The molecule has 0 fully saturated rings. The van der Waals surface area contributed by atoms with Crippen LogP contribution in [0, 0.1) is 0 Å². The number of aromatic nitrogens is 3. The molecule has 90 valence electrons. The van der Waals surface area contributed by atoms with Crippen LogP contribution in [0.5, 0.6) is 0 Å². The molecule has 0 aliphatic carbocycles. The van der Waals surface area contributed by atoms with Gasteiger partial charge < -0.3 is 4.89 Å². The number of hydrogen-bond donors (Lipinski definition) is 2. The van der Waals surface area contributed by atoms with Gasteiger partial charge in [-0.15, -0.1) is 5.10 Å². The molecule has 1 N–H and O–H groups in total. The van der Waals surface area contributed by atoms with Crippen LogP contribution in [0.3, 0.4) is 0 Å². The molecule has 2 aromatic rings. The lowest BCUT2D eigenvalue weighted by atomic mass is 10.2. The molecule has 0 amide bonds. The van der Waals surface area contributed by atoms with E-state index in [2.05, 4.69) is 22.6 Å². The van der Waals surface area contributed by atoms with E-state index in [1.807, 2.05) is 0 Å². The molecule has 1 unspecified atom stereocenters. The molecular formula is C8H8N3O3PS2. The average molecular weight is 289 g/mol. The molecule has 0 aliphatic heterocycles. The van der Waals surface area contributed by atoms with Crippen molar-refractivity contribution in [3.8, 4) is 0 Å². The van der Waals surface area contributed by atoms with Crippen molar-refractivity contribution < 1.29 is 9.46 Å². The van der Waals surface area contributed by atoms with E-state index in [4.69, 9.17) is 4.89 Å². The summed E-state index contributed by atoms with van der Waals surface area (Å²) < 4.78 is 12.0. The van der Waals surface area contributed by atoms with Crippen molar-refractivity contribution in [2.75, 3.05) is 0 Å². The molecule has 0 saturated carbocycles. The first-order valence-electron chi connectivity index (χ1n) is 4.50. The van der Waals surface area contributed by atoms with Crippen molar-refractivity contribution in [1.82, 2.24) is 15.0 Å². The van der Waals surface area contributed by atoms with Gasteiger partial charge in [-0.2, -0.15) is 4.68 Å². The minimum atomic E-state index is -3.53. The van der Waals surface area contributed by atoms with Gasteiger partial charge in [-0.05, 0) is 23.5 Å². The Balaban J connectivity index is 2.40. The highest BCUT2D eigenvalue weighted by atomic mass is 33.1. The molecule has 9 heteroatoms. The predicted molar refractivity (Wildman–Crippen MR) is 70.2 cm³/mol. The second-order valence-electron chi connectivity index (χ2n) is 3.16. The highest BCUT2D eigenvalue weighted by Gasteiger charge is 2.13. The van der Waals surface area contributed by atoms with E-state index in [9.17, 15) is 9.36 Å². The number of benzene rings is 1. The van der Waals surface area contributed by atoms with Crippen LogP contribution in [0.2, 0.25) is 0 Å². The van der Waals surface area contributed by atoms with E-state index < -0.39 is 5.77 Å². The largest absolute Gasteiger partial charge is 0.329 e. The first-order chi connectivity index (χ1) is 7.97. The van der Waals surface area contributed by atoms with Gasteiger partial charge in [0.05, 0.1) is 5.39 Å². The Hall–Kier alpha value is -0.820. The molecule has 1 atom stereocenters. The van der Waals surface area contributed by atoms with Crippen molar-refractivity contribution in [3.63, 3.8) is 0 Å². The zero-order chi connectivity index (χ0) is 12.5. The first-order valence-corrected chi connectivity index (χ1v) is 8.90. The summed E-state index contributed by atoms with van der Waals surface area (Å²) in [7, 11) is 0. The molecule has 0 aliphatic rings. The molecule has 1 heterocycles. The van der Waals surface area contributed by atoms with Crippen molar-refractivity contribution in [2.24, 2.45) is 0 Å². The zero-order valence-electron chi connectivity index (χ0n) is 8.42. The lowest BCUT2D eigenvalue weighted by Gasteiger charge is -2.05. The summed E-state index contributed by atoms with van der Waals surface area (Å²) in [5.41, 5.74) is 0.154. The maximum atomic E-state index is 11.9. The lowest BCUT2D eigenvalue weighted by molar-refractivity contribution is 0.514. The fourth-order valence-electron chi connectivity index (χ4n) is 1.24. The molecule has 1 aromatic heterocycles. The zero-order valence-corrected chi connectivity index (χ0v) is 11.0. The molecule has 0 saturated heterocycles. The van der Waals surface area contributed by atoms with Crippen molar-refractivity contribution in [3.05, 3.63) is 34.6 Å². The third kappa shape index (κ3) is 3.10. The SMILES string of the molecule is O=c1c2ccccc2nnn1CSP(=O)(O)S. The fourth-order valence-corrected chi connectivity index (χ4v) is 2.91. The second-order valence-corrected chi connectivity index (χ2v) is 9.36. The Bertz CT molecular complexity index is 654. The number of thiol groups is 1. The van der Waals surface area contributed by atoms with Gasteiger partial charge in [-0.1, -0.05) is 29.6 Å². The predicted octanol–water partition coefficient (Wildman–Crippen LogP) is 1.51. The summed E-state index contributed by atoms with van der Waals surface area (Å²) in [6, 6.07) is 6.78. The average Bonchev–Trinajstić information content (AvgIpc) is 2.27.